The lowest BCUT2D eigenvalue weighted by Crippen LogP contribution is -2.14. The molecule has 1 unspecified atom stereocenters. The molecule has 1 atom stereocenters. The summed E-state index contributed by atoms with van der Waals surface area (Å²) in [5.41, 5.74) is -3.41. The van der Waals surface area contributed by atoms with Gasteiger partial charge in [-0.25, -0.2) is 0 Å². The minimum Gasteiger partial charge on any atom is -0.364 e. The molecule has 0 N–H and O–H groups in total. The van der Waals surface area contributed by atoms with Crippen LogP contribution in [0.15, 0.2) is 35.1 Å². The predicted octanol–water partition coefficient (Wildman–Crippen LogP) is 5.04. The molecule has 0 bridgehead atoms. The van der Waals surface area contributed by atoms with Crippen molar-refractivity contribution in [2.45, 2.75) is 17.7 Å². The van der Waals surface area contributed by atoms with Crippen LogP contribution in [0, 0.1) is 0 Å². The Morgan fingerprint density at radius 1 is 1.00 bits per heavy atom. The molecule has 9 heteroatoms. The maximum absolute atomic E-state index is 12.9. The second kappa shape index (κ2) is 5.25. The molecular weight excluding hydrogens is 324 g/mol. The number of alkyl halides is 7. The summed E-state index contributed by atoms with van der Waals surface area (Å²) in [4.78, 5) is 0. The fourth-order valence-corrected chi connectivity index (χ4v) is 2.01. The number of hydrogen-bond acceptors (Lipinski definition) is 2. The number of halogens is 7. The topological polar surface area (TPSA) is 26.0 Å². The number of benzene rings is 1. The maximum Gasteiger partial charge on any atom is 0.416 e. The standard InChI is InChI=1S/C12H6ClF6NO/c13-10(9-3-4-21-20-9)7-2-1-6(11(14,15)16)5-8(7)12(17,18)19/h1-5,10H. The molecule has 0 spiro atoms. The van der Waals surface area contributed by atoms with Crippen molar-refractivity contribution in [1.29, 1.82) is 0 Å². The van der Waals surface area contributed by atoms with E-state index >= 15 is 0 Å². The highest BCUT2D eigenvalue weighted by molar-refractivity contribution is 6.22. The van der Waals surface area contributed by atoms with Crippen LogP contribution >= 0.6 is 11.6 Å². The van der Waals surface area contributed by atoms with Gasteiger partial charge in [-0.1, -0.05) is 11.2 Å². The molecule has 0 radical (unpaired) electrons. The van der Waals surface area contributed by atoms with Crippen LogP contribution in [0.25, 0.3) is 0 Å². The lowest BCUT2D eigenvalue weighted by molar-refractivity contribution is -0.143. The molecule has 21 heavy (non-hydrogen) atoms. The quantitative estimate of drug-likeness (QED) is 0.570. The second-order valence-electron chi connectivity index (χ2n) is 4.08. The van der Waals surface area contributed by atoms with E-state index in [1.54, 1.807) is 0 Å². The van der Waals surface area contributed by atoms with Gasteiger partial charge in [0.25, 0.3) is 0 Å². The summed E-state index contributed by atoms with van der Waals surface area (Å²) in [5, 5.41) is 2.02. The molecule has 0 saturated carbocycles. The van der Waals surface area contributed by atoms with E-state index in [1.165, 1.54) is 6.07 Å². The molecule has 2 rings (SSSR count). The Bertz CT molecular complexity index is 620. The lowest BCUT2D eigenvalue weighted by Gasteiger charge is -2.17. The Kier molecular flexibility index (Phi) is 3.92. The molecule has 0 fully saturated rings. The SMILES string of the molecule is FC(F)(F)c1ccc(C(Cl)c2ccon2)c(C(F)(F)F)c1. The number of nitrogens with zero attached hydrogens (tertiary/aromatic N) is 1. The van der Waals surface area contributed by atoms with Crippen molar-refractivity contribution in [3.05, 3.63) is 52.9 Å². The molecule has 1 heterocycles. The average Bonchev–Trinajstić information content (AvgIpc) is 2.89. The Morgan fingerprint density at radius 2 is 1.67 bits per heavy atom. The third-order valence-electron chi connectivity index (χ3n) is 2.68. The highest BCUT2D eigenvalue weighted by atomic mass is 35.5. The van der Waals surface area contributed by atoms with Crippen molar-refractivity contribution in [2.75, 3.05) is 0 Å². The molecule has 1 aromatic carbocycles. The Hall–Kier alpha value is -1.70. The zero-order valence-electron chi connectivity index (χ0n) is 9.97. The van der Waals surface area contributed by atoms with E-state index in [0.717, 1.165) is 6.26 Å². The number of aromatic nitrogens is 1. The molecule has 1 aromatic heterocycles. The third kappa shape index (κ3) is 3.31. The highest BCUT2D eigenvalue weighted by Crippen LogP contribution is 2.41. The zero-order chi connectivity index (χ0) is 15.8. The average molecular weight is 330 g/mol. The van der Waals surface area contributed by atoms with Gasteiger partial charge >= 0.3 is 12.4 Å². The van der Waals surface area contributed by atoms with Crippen LogP contribution in [-0.2, 0) is 12.4 Å². The lowest BCUT2D eigenvalue weighted by atomic mass is 9.99. The molecule has 114 valence electrons. The maximum atomic E-state index is 12.9. The highest BCUT2D eigenvalue weighted by Gasteiger charge is 2.39. The van der Waals surface area contributed by atoms with E-state index in [9.17, 15) is 26.3 Å². The third-order valence-corrected chi connectivity index (χ3v) is 3.14. The monoisotopic (exact) mass is 329 g/mol. The Morgan fingerprint density at radius 3 is 2.14 bits per heavy atom. The summed E-state index contributed by atoms with van der Waals surface area (Å²) >= 11 is 5.85. The fraction of sp³-hybridized carbons (Fsp3) is 0.250. The van der Waals surface area contributed by atoms with Crippen molar-refractivity contribution in [3.63, 3.8) is 0 Å². The van der Waals surface area contributed by atoms with Gasteiger partial charge in [-0.15, -0.1) is 11.6 Å². The van der Waals surface area contributed by atoms with Gasteiger partial charge in [-0.3, -0.25) is 0 Å². The molecule has 0 aliphatic rings. The molecule has 2 nitrogen and oxygen atoms in total. The summed E-state index contributed by atoms with van der Waals surface area (Å²) in [7, 11) is 0. The van der Waals surface area contributed by atoms with Crippen LogP contribution in [0.1, 0.15) is 27.8 Å². The minimum absolute atomic E-state index is 0.0260. The Balaban J connectivity index is 2.56. The van der Waals surface area contributed by atoms with Gasteiger partial charge in [0.2, 0.25) is 0 Å². The van der Waals surface area contributed by atoms with E-state index in [-0.39, 0.29) is 11.8 Å². The van der Waals surface area contributed by atoms with E-state index in [0.29, 0.717) is 12.1 Å². The van der Waals surface area contributed by atoms with Gasteiger partial charge in [0.1, 0.15) is 17.3 Å². The largest absolute Gasteiger partial charge is 0.416 e. The van der Waals surface area contributed by atoms with Crippen LogP contribution in [-0.4, -0.2) is 5.16 Å². The zero-order valence-corrected chi connectivity index (χ0v) is 10.7. The number of hydrogen-bond donors (Lipinski definition) is 0. The van der Waals surface area contributed by atoms with Crippen LogP contribution in [0.3, 0.4) is 0 Å². The summed E-state index contributed by atoms with van der Waals surface area (Å²) in [6.45, 7) is 0. The first-order chi connectivity index (χ1) is 9.60. The minimum atomic E-state index is -4.98. The van der Waals surface area contributed by atoms with Gasteiger partial charge < -0.3 is 4.52 Å². The second-order valence-corrected chi connectivity index (χ2v) is 4.52. The van der Waals surface area contributed by atoms with Crippen molar-refractivity contribution < 1.29 is 30.9 Å². The first-order valence-corrected chi connectivity index (χ1v) is 5.87. The van der Waals surface area contributed by atoms with Crippen molar-refractivity contribution >= 4 is 11.6 Å². The molecule has 0 amide bonds. The van der Waals surface area contributed by atoms with Gasteiger partial charge in [0, 0.05) is 6.07 Å². The van der Waals surface area contributed by atoms with Crippen LogP contribution < -0.4 is 0 Å². The van der Waals surface area contributed by atoms with E-state index < -0.39 is 34.4 Å². The van der Waals surface area contributed by atoms with E-state index in [1.807, 2.05) is 0 Å². The number of rotatable bonds is 2. The van der Waals surface area contributed by atoms with Crippen molar-refractivity contribution in [1.82, 2.24) is 5.16 Å². The first kappa shape index (κ1) is 15.7. The van der Waals surface area contributed by atoms with Crippen LogP contribution in [0.4, 0.5) is 26.3 Å². The van der Waals surface area contributed by atoms with E-state index in [4.69, 9.17) is 11.6 Å². The summed E-state index contributed by atoms with van der Waals surface area (Å²) in [6, 6.07) is 2.50. The molecule has 2 aromatic rings. The summed E-state index contributed by atoms with van der Waals surface area (Å²) in [6.07, 6.45) is -8.76. The molecular formula is C12H6ClF6NO. The van der Waals surface area contributed by atoms with E-state index in [2.05, 4.69) is 9.68 Å². The van der Waals surface area contributed by atoms with Crippen molar-refractivity contribution in [3.8, 4) is 0 Å². The molecule has 0 saturated heterocycles. The summed E-state index contributed by atoms with van der Waals surface area (Å²) < 4.78 is 80.9. The van der Waals surface area contributed by atoms with Gasteiger partial charge in [-0.05, 0) is 17.7 Å². The van der Waals surface area contributed by atoms with Crippen LogP contribution in [0.2, 0.25) is 0 Å². The Labute approximate surface area is 119 Å². The normalized spacial score (nSPS) is 14.2. The first-order valence-electron chi connectivity index (χ1n) is 5.43. The molecule has 0 aliphatic carbocycles. The van der Waals surface area contributed by atoms with Crippen LogP contribution in [0.5, 0.6) is 0 Å². The molecule has 0 aliphatic heterocycles. The smallest absolute Gasteiger partial charge is 0.364 e. The van der Waals surface area contributed by atoms with Gasteiger partial charge in [-0.2, -0.15) is 26.3 Å². The summed E-state index contributed by atoms with van der Waals surface area (Å²) in [5.74, 6) is 0. The van der Waals surface area contributed by atoms with Gasteiger partial charge in [0.15, 0.2) is 0 Å². The predicted molar refractivity (Wildman–Crippen MR) is 60.6 cm³/mol. The van der Waals surface area contributed by atoms with Gasteiger partial charge in [0.05, 0.1) is 11.1 Å². The van der Waals surface area contributed by atoms with Crippen molar-refractivity contribution in [2.24, 2.45) is 0 Å². The fourth-order valence-electron chi connectivity index (χ4n) is 1.71.